The molecule has 3 aromatic rings. The van der Waals surface area contributed by atoms with Gasteiger partial charge in [0.15, 0.2) is 28.6 Å². The Labute approximate surface area is 195 Å². The third-order valence-electron chi connectivity index (χ3n) is 5.56. The zero-order chi connectivity index (χ0) is 25.6. The van der Waals surface area contributed by atoms with Crippen molar-refractivity contribution in [2.45, 2.75) is 30.7 Å². The molecule has 0 saturated carbocycles. The maximum atomic E-state index is 13.5. The fraction of sp³-hybridized carbons (Fsp3) is 0.318. The molecule has 13 heteroatoms. The first kappa shape index (κ1) is 24.4. The zero-order valence-corrected chi connectivity index (χ0v) is 18.0. The van der Waals surface area contributed by atoms with E-state index in [-0.39, 0.29) is 11.3 Å². The van der Waals surface area contributed by atoms with Crippen LogP contribution in [0.15, 0.2) is 33.5 Å². The van der Waals surface area contributed by atoms with Crippen LogP contribution in [-0.4, -0.2) is 85.3 Å². The Balaban J connectivity index is 1.97. The van der Waals surface area contributed by atoms with Crippen LogP contribution in [0.5, 0.6) is 34.5 Å². The van der Waals surface area contributed by atoms with Crippen molar-refractivity contribution in [3.63, 3.8) is 0 Å². The first-order valence-corrected chi connectivity index (χ1v) is 10.2. The SMILES string of the molecule is COc1c(O)cc(O)c2c(=O)c(O[C@H]3O[C@@H](CO)[C@H](O)[C@H](O)[C@H]3O)c(-c3ccc(O)c(O)c3)oc12. The number of benzene rings is 2. The number of rotatable bonds is 5. The highest BCUT2D eigenvalue weighted by Crippen LogP contribution is 2.44. The summed E-state index contributed by atoms with van der Waals surface area (Å²) in [5.74, 6) is -3.71. The summed E-state index contributed by atoms with van der Waals surface area (Å²) >= 11 is 0. The highest BCUT2D eigenvalue weighted by atomic mass is 16.7. The molecule has 2 aromatic carbocycles. The van der Waals surface area contributed by atoms with Gasteiger partial charge >= 0.3 is 0 Å². The number of phenols is 4. The lowest BCUT2D eigenvalue weighted by Crippen LogP contribution is -2.60. The lowest BCUT2D eigenvalue weighted by Gasteiger charge is -2.39. The fourth-order valence-electron chi connectivity index (χ4n) is 3.74. The van der Waals surface area contributed by atoms with Gasteiger partial charge in [-0.1, -0.05) is 0 Å². The van der Waals surface area contributed by atoms with Gasteiger partial charge in [0.25, 0.3) is 0 Å². The Kier molecular flexibility index (Phi) is 6.36. The summed E-state index contributed by atoms with van der Waals surface area (Å²) in [5, 5.41) is 79.4. The Morgan fingerprint density at radius 1 is 0.886 bits per heavy atom. The fourth-order valence-corrected chi connectivity index (χ4v) is 3.74. The third kappa shape index (κ3) is 4.05. The molecule has 1 aliphatic heterocycles. The molecule has 13 nitrogen and oxygen atoms in total. The molecular formula is C22H22O13. The predicted octanol–water partition coefficient (Wildman–Crippen LogP) is -0.530. The summed E-state index contributed by atoms with van der Waals surface area (Å²) in [6.45, 7) is -0.757. The van der Waals surface area contributed by atoms with Gasteiger partial charge in [-0.25, -0.2) is 0 Å². The van der Waals surface area contributed by atoms with Gasteiger partial charge in [-0.3, -0.25) is 4.79 Å². The minimum atomic E-state index is -1.88. The molecule has 1 aliphatic rings. The Morgan fingerprint density at radius 3 is 2.23 bits per heavy atom. The molecule has 0 amide bonds. The topological polar surface area (TPSA) is 220 Å². The Morgan fingerprint density at radius 2 is 1.60 bits per heavy atom. The van der Waals surface area contributed by atoms with E-state index in [4.69, 9.17) is 18.6 Å². The van der Waals surface area contributed by atoms with Crippen molar-refractivity contribution in [3.8, 4) is 45.8 Å². The van der Waals surface area contributed by atoms with Crippen molar-refractivity contribution in [2.24, 2.45) is 0 Å². The lowest BCUT2D eigenvalue weighted by molar-refractivity contribution is -0.277. The average Bonchev–Trinajstić information content (AvgIpc) is 2.82. The van der Waals surface area contributed by atoms with Crippen molar-refractivity contribution in [1.82, 2.24) is 0 Å². The quantitative estimate of drug-likeness (QED) is 0.209. The van der Waals surface area contributed by atoms with Gasteiger partial charge in [0.1, 0.15) is 35.6 Å². The van der Waals surface area contributed by atoms with Crippen molar-refractivity contribution in [2.75, 3.05) is 13.7 Å². The van der Waals surface area contributed by atoms with Crippen LogP contribution in [0.2, 0.25) is 0 Å². The highest BCUT2D eigenvalue weighted by Gasteiger charge is 2.45. The summed E-state index contributed by atoms with van der Waals surface area (Å²) in [6, 6.07) is 4.19. The van der Waals surface area contributed by atoms with Gasteiger partial charge in [-0.15, -0.1) is 0 Å². The standard InChI is InChI=1S/C22H22O13/c1-32-19-11(27)5-10(26)13-15(29)21(35-22-17(31)16(30)14(28)12(6-23)33-22)18(34-20(13)19)7-2-3-8(24)9(25)4-7/h2-5,12,14,16-17,22-28,30-31H,6H2,1H3/t12-,14-,16-,17+,22+/m0/s1. The minimum absolute atomic E-state index is 0.0243. The summed E-state index contributed by atoms with van der Waals surface area (Å²) in [6.07, 6.45) is -8.53. The number of methoxy groups -OCH3 is 1. The van der Waals surface area contributed by atoms with E-state index in [1.165, 1.54) is 13.2 Å². The molecule has 2 heterocycles. The van der Waals surface area contributed by atoms with E-state index in [9.17, 15) is 45.6 Å². The second kappa shape index (κ2) is 9.13. The van der Waals surface area contributed by atoms with Crippen molar-refractivity contribution in [1.29, 1.82) is 0 Å². The van der Waals surface area contributed by atoms with E-state index in [2.05, 4.69) is 0 Å². The number of hydrogen-bond acceptors (Lipinski definition) is 13. The first-order chi connectivity index (χ1) is 16.6. The molecule has 0 bridgehead atoms. The smallest absolute Gasteiger partial charge is 0.239 e. The van der Waals surface area contributed by atoms with E-state index in [0.717, 1.165) is 18.2 Å². The summed E-state index contributed by atoms with van der Waals surface area (Å²) in [7, 11) is 1.18. The van der Waals surface area contributed by atoms with Gasteiger partial charge in [0.05, 0.1) is 13.7 Å². The number of aromatic hydroxyl groups is 4. The van der Waals surface area contributed by atoms with Gasteiger partial charge in [-0.05, 0) is 18.2 Å². The predicted molar refractivity (Wildman–Crippen MR) is 116 cm³/mol. The van der Waals surface area contributed by atoms with E-state index >= 15 is 0 Å². The zero-order valence-electron chi connectivity index (χ0n) is 18.0. The van der Waals surface area contributed by atoms with E-state index in [0.29, 0.717) is 0 Å². The molecule has 1 saturated heterocycles. The molecule has 0 radical (unpaired) electrons. The van der Waals surface area contributed by atoms with E-state index in [1.54, 1.807) is 0 Å². The molecule has 188 valence electrons. The molecule has 0 spiro atoms. The minimum Gasteiger partial charge on any atom is -0.507 e. The molecule has 8 N–H and O–H groups in total. The van der Waals surface area contributed by atoms with Crippen LogP contribution >= 0.6 is 0 Å². The Hall–Kier alpha value is -3.75. The molecule has 5 atom stereocenters. The molecule has 1 aromatic heterocycles. The first-order valence-electron chi connectivity index (χ1n) is 10.2. The van der Waals surface area contributed by atoms with Crippen molar-refractivity contribution >= 4 is 11.0 Å². The summed E-state index contributed by atoms with van der Waals surface area (Å²) in [4.78, 5) is 13.5. The monoisotopic (exact) mass is 494 g/mol. The molecule has 0 unspecified atom stereocenters. The van der Waals surface area contributed by atoms with Crippen LogP contribution in [0.3, 0.4) is 0 Å². The average molecular weight is 494 g/mol. The van der Waals surface area contributed by atoms with Gasteiger partial charge < -0.3 is 59.5 Å². The molecule has 4 rings (SSSR count). The van der Waals surface area contributed by atoms with Crippen molar-refractivity contribution in [3.05, 3.63) is 34.5 Å². The number of hydrogen-bond donors (Lipinski definition) is 8. The van der Waals surface area contributed by atoms with Gasteiger partial charge in [0.2, 0.25) is 23.2 Å². The second-order valence-electron chi connectivity index (χ2n) is 7.76. The normalized spacial score (nSPS) is 24.4. The highest BCUT2D eigenvalue weighted by molar-refractivity contribution is 5.93. The van der Waals surface area contributed by atoms with Crippen LogP contribution in [0.4, 0.5) is 0 Å². The van der Waals surface area contributed by atoms with Crippen LogP contribution in [-0.2, 0) is 4.74 Å². The lowest BCUT2D eigenvalue weighted by atomic mass is 9.99. The third-order valence-corrected chi connectivity index (χ3v) is 5.56. The van der Waals surface area contributed by atoms with Gasteiger partial charge in [-0.2, -0.15) is 0 Å². The van der Waals surface area contributed by atoms with E-state index in [1.807, 2.05) is 0 Å². The van der Waals surface area contributed by atoms with Gasteiger partial charge in [0, 0.05) is 11.6 Å². The number of aliphatic hydroxyl groups is 4. The summed E-state index contributed by atoms with van der Waals surface area (Å²) in [5.41, 5.74) is -1.44. The van der Waals surface area contributed by atoms with Crippen LogP contribution in [0.25, 0.3) is 22.3 Å². The summed E-state index contributed by atoms with van der Waals surface area (Å²) < 4.78 is 21.7. The van der Waals surface area contributed by atoms with Crippen LogP contribution in [0.1, 0.15) is 0 Å². The Bertz CT molecular complexity index is 1320. The number of phenolic OH excluding ortho intramolecular Hbond substituents is 4. The second-order valence-corrected chi connectivity index (χ2v) is 7.76. The molecule has 1 fully saturated rings. The van der Waals surface area contributed by atoms with Crippen molar-refractivity contribution < 1.29 is 59.5 Å². The number of ether oxygens (including phenoxy) is 3. The largest absolute Gasteiger partial charge is 0.507 e. The maximum absolute atomic E-state index is 13.5. The molecule has 35 heavy (non-hydrogen) atoms. The maximum Gasteiger partial charge on any atom is 0.239 e. The molecule has 0 aliphatic carbocycles. The number of aliphatic hydroxyl groups excluding tert-OH is 4. The molecular weight excluding hydrogens is 472 g/mol. The van der Waals surface area contributed by atoms with Crippen LogP contribution in [0, 0.1) is 0 Å². The number of fused-ring (bicyclic) bond motifs is 1. The van der Waals surface area contributed by atoms with E-state index < -0.39 is 88.2 Å². The van der Waals surface area contributed by atoms with Crippen LogP contribution < -0.4 is 14.9 Å².